The van der Waals surface area contributed by atoms with E-state index < -0.39 is 0 Å². The quantitative estimate of drug-likeness (QED) is 0.915. The van der Waals surface area contributed by atoms with Crippen LogP contribution in [0.15, 0.2) is 18.3 Å². The summed E-state index contributed by atoms with van der Waals surface area (Å²) in [5.74, 6) is 0.0354. The van der Waals surface area contributed by atoms with Crippen LogP contribution < -0.4 is 5.32 Å². The topological polar surface area (TPSA) is 54.5 Å². The summed E-state index contributed by atoms with van der Waals surface area (Å²) in [7, 11) is 0. The molecule has 1 saturated carbocycles. The van der Waals surface area contributed by atoms with Crippen LogP contribution in [0.5, 0.6) is 0 Å². The first-order chi connectivity index (χ1) is 9.79. The molecule has 2 atom stereocenters. The predicted molar refractivity (Wildman–Crippen MR) is 76.8 cm³/mol. The maximum Gasteiger partial charge on any atom is 0.272 e. The van der Waals surface area contributed by atoms with Crippen LogP contribution in [-0.2, 0) is 4.74 Å². The van der Waals surface area contributed by atoms with Gasteiger partial charge >= 0.3 is 0 Å². The average molecular weight is 275 g/mol. The molecule has 2 fully saturated rings. The molecule has 3 rings (SSSR count). The second kappa shape index (κ2) is 5.79. The number of amides is 1. The van der Waals surface area contributed by atoms with Gasteiger partial charge in [0.1, 0.15) is 5.69 Å². The monoisotopic (exact) mass is 275 g/mol. The Labute approximate surface area is 119 Å². The lowest BCUT2D eigenvalue weighted by molar-refractivity contribution is -0.0447. The van der Waals surface area contributed by atoms with Crippen molar-refractivity contribution >= 4 is 11.6 Å². The zero-order chi connectivity index (χ0) is 13.9. The fourth-order valence-electron chi connectivity index (χ4n) is 3.15. The van der Waals surface area contributed by atoms with Crippen molar-refractivity contribution in [2.45, 2.75) is 38.3 Å². The van der Waals surface area contributed by atoms with Gasteiger partial charge in [0.05, 0.1) is 30.6 Å². The summed E-state index contributed by atoms with van der Waals surface area (Å²) in [4.78, 5) is 18.8. The van der Waals surface area contributed by atoms with Gasteiger partial charge in [-0.05, 0) is 38.3 Å². The molecule has 1 aromatic heterocycles. The van der Waals surface area contributed by atoms with Crippen LogP contribution in [0.25, 0.3) is 0 Å². The Kier molecular flexibility index (Phi) is 3.87. The van der Waals surface area contributed by atoms with Crippen molar-refractivity contribution in [2.24, 2.45) is 0 Å². The van der Waals surface area contributed by atoms with E-state index in [0.717, 1.165) is 31.5 Å². The molecular formula is C15H21N3O2. The lowest BCUT2D eigenvalue weighted by Gasteiger charge is -2.37. The first-order valence-corrected chi connectivity index (χ1v) is 7.42. The van der Waals surface area contributed by atoms with Crippen molar-refractivity contribution in [1.29, 1.82) is 0 Å². The van der Waals surface area contributed by atoms with Gasteiger partial charge < -0.3 is 15.0 Å². The fraction of sp³-hybridized carbons (Fsp3) is 0.600. The first-order valence-electron chi connectivity index (χ1n) is 7.42. The Balaban J connectivity index is 1.74. The molecule has 0 radical (unpaired) electrons. The summed E-state index contributed by atoms with van der Waals surface area (Å²) in [6.45, 7) is 4.20. The molecule has 0 bridgehead atoms. The standard InChI is InChI=1S/C15H21N3O2/c1-2-16-11-6-7-12(17-10-11)15(19)18-8-9-20-14-5-3-4-13(14)18/h6-7,10,13-14,16H,2-5,8-9H2,1H3. The van der Waals surface area contributed by atoms with E-state index in [4.69, 9.17) is 4.74 Å². The summed E-state index contributed by atoms with van der Waals surface area (Å²) in [5.41, 5.74) is 1.48. The van der Waals surface area contributed by atoms with Gasteiger partial charge in [-0.25, -0.2) is 4.98 Å². The largest absolute Gasteiger partial charge is 0.384 e. The molecule has 1 aromatic rings. The Morgan fingerprint density at radius 2 is 2.40 bits per heavy atom. The third kappa shape index (κ3) is 2.50. The van der Waals surface area contributed by atoms with Crippen molar-refractivity contribution < 1.29 is 9.53 Å². The van der Waals surface area contributed by atoms with E-state index >= 15 is 0 Å². The van der Waals surface area contributed by atoms with E-state index in [-0.39, 0.29) is 18.1 Å². The molecule has 2 aliphatic rings. The number of hydrogen-bond donors (Lipinski definition) is 1. The highest BCUT2D eigenvalue weighted by Gasteiger charge is 2.38. The minimum Gasteiger partial charge on any atom is -0.384 e. The van der Waals surface area contributed by atoms with E-state index in [1.54, 1.807) is 12.3 Å². The molecule has 1 aliphatic heterocycles. The van der Waals surface area contributed by atoms with Crippen LogP contribution in [0.2, 0.25) is 0 Å². The molecule has 0 aromatic carbocycles. The Morgan fingerprint density at radius 1 is 1.50 bits per heavy atom. The number of carbonyl (C=O) groups is 1. The van der Waals surface area contributed by atoms with Crippen molar-refractivity contribution in [2.75, 3.05) is 25.0 Å². The van der Waals surface area contributed by atoms with Crippen molar-refractivity contribution in [3.8, 4) is 0 Å². The molecule has 2 unspecified atom stereocenters. The van der Waals surface area contributed by atoms with Crippen LogP contribution in [-0.4, -0.2) is 47.6 Å². The molecule has 108 valence electrons. The molecular weight excluding hydrogens is 254 g/mol. The first kappa shape index (κ1) is 13.4. The molecule has 20 heavy (non-hydrogen) atoms. The minimum atomic E-state index is 0.0354. The van der Waals surface area contributed by atoms with Gasteiger partial charge in [0, 0.05) is 13.1 Å². The van der Waals surface area contributed by atoms with E-state index in [1.807, 2.05) is 17.9 Å². The number of anilines is 1. The molecule has 1 aliphatic carbocycles. The highest BCUT2D eigenvalue weighted by atomic mass is 16.5. The van der Waals surface area contributed by atoms with Crippen LogP contribution in [0.3, 0.4) is 0 Å². The van der Waals surface area contributed by atoms with Gasteiger partial charge in [0.2, 0.25) is 0 Å². The van der Waals surface area contributed by atoms with E-state index in [2.05, 4.69) is 10.3 Å². The Bertz CT molecular complexity index is 475. The van der Waals surface area contributed by atoms with Crippen molar-refractivity contribution in [3.63, 3.8) is 0 Å². The maximum absolute atomic E-state index is 12.6. The number of carbonyl (C=O) groups excluding carboxylic acids is 1. The number of rotatable bonds is 3. The van der Waals surface area contributed by atoms with Gasteiger partial charge in [-0.2, -0.15) is 0 Å². The zero-order valence-electron chi connectivity index (χ0n) is 11.8. The lowest BCUT2D eigenvalue weighted by atomic mass is 10.1. The molecule has 1 amide bonds. The van der Waals surface area contributed by atoms with Gasteiger partial charge in [-0.15, -0.1) is 0 Å². The summed E-state index contributed by atoms with van der Waals surface area (Å²) in [6, 6.07) is 3.96. The van der Waals surface area contributed by atoms with Gasteiger partial charge in [-0.3, -0.25) is 4.79 Å². The van der Waals surface area contributed by atoms with Crippen molar-refractivity contribution in [3.05, 3.63) is 24.0 Å². The molecule has 5 nitrogen and oxygen atoms in total. The third-order valence-corrected chi connectivity index (χ3v) is 4.11. The number of pyridine rings is 1. The average Bonchev–Trinajstić information content (AvgIpc) is 2.96. The van der Waals surface area contributed by atoms with Gasteiger partial charge in [-0.1, -0.05) is 0 Å². The van der Waals surface area contributed by atoms with E-state index in [9.17, 15) is 4.79 Å². The SMILES string of the molecule is CCNc1ccc(C(=O)N2CCOC3CCCC32)nc1. The smallest absolute Gasteiger partial charge is 0.272 e. The molecule has 1 N–H and O–H groups in total. The van der Waals surface area contributed by atoms with Gasteiger partial charge in [0.25, 0.3) is 5.91 Å². The maximum atomic E-state index is 12.6. The molecule has 5 heteroatoms. The Hall–Kier alpha value is -1.62. The summed E-state index contributed by atoms with van der Waals surface area (Å²) < 4.78 is 5.74. The number of ether oxygens (including phenoxy) is 1. The number of aromatic nitrogens is 1. The summed E-state index contributed by atoms with van der Waals surface area (Å²) in [5, 5.41) is 3.18. The molecule has 0 spiro atoms. The highest BCUT2D eigenvalue weighted by Crippen LogP contribution is 2.30. The third-order valence-electron chi connectivity index (χ3n) is 4.11. The second-order valence-electron chi connectivity index (χ2n) is 5.37. The Morgan fingerprint density at radius 3 is 3.15 bits per heavy atom. The lowest BCUT2D eigenvalue weighted by Crippen LogP contribution is -2.51. The summed E-state index contributed by atoms with van der Waals surface area (Å²) >= 11 is 0. The number of morpholine rings is 1. The van der Waals surface area contributed by atoms with Crippen LogP contribution in [0.4, 0.5) is 5.69 Å². The minimum absolute atomic E-state index is 0.0354. The normalized spacial score (nSPS) is 25.4. The van der Waals surface area contributed by atoms with E-state index in [0.29, 0.717) is 18.8 Å². The van der Waals surface area contributed by atoms with E-state index in [1.165, 1.54) is 0 Å². The fourth-order valence-corrected chi connectivity index (χ4v) is 3.15. The second-order valence-corrected chi connectivity index (χ2v) is 5.37. The van der Waals surface area contributed by atoms with Crippen LogP contribution >= 0.6 is 0 Å². The highest BCUT2D eigenvalue weighted by molar-refractivity contribution is 5.92. The molecule has 1 saturated heterocycles. The number of hydrogen-bond acceptors (Lipinski definition) is 4. The number of nitrogens with one attached hydrogen (secondary N) is 1. The van der Waals surface area contributed by atoms with Gasteiger partial charge in [0.15, 0.2) is 0 Å². The number of nitrogens with zero attached hydrogens (tertiary/aromatic N) is 2. The zero-order valence-corrected chi connectivity index (χ0v) is 11.8. The van der Waals surface area contributed by atoms with Crippen molar-refractivity contribution in [1.82, 2.24) is 9.88 Å². The summed E-state index contributed by atoms with van der Waals surface area (Å²) in [6.07, 6.45) is 5.22. The van der Waals surface area contributed by atoms with Crippen LogP contribution in [0.1, 0.15) is 36.7 Å². The predicted octanol–water partition coefficient (Wildman–Crippen LogP) is 1.91. The van der Waals surface area contributed by atoms with Crippen LogP contribution in [0, 0.1) is 0 Å². The molecule has 2 heterocycles. The number of fused-ring (bicyclic) bond motifs is 1.